The van der Waals surface area contributed by atoms with Gasteiger partial charge in [0.2, 0.25) is 0 Å². The van der Waals surface area contributed by atoms with Crippen LogP contribution in [0.2, 0.25) is 0 Å². The van der Waals surface area contributed by atoms with Crippen LogP contribution < -0.4 is 10.2 Å². The molecule has 28 heavy (non-hydrogen) atoms. The van der Waals surface area contributed by atoms with Crippen LogP contribution in [-0.2, 0) is 0 Å². The summed E-state index contributed by atoms with van der Waals surface area (Å²) in [5.74, 6) is 0.881. The summed E-state index contributed by atoms with van der Waals surface area (Å²) >= 11 is 0. The quantitative estimate of drug-likeness (QED) is 0.397. The molecule has 3 aromatic rings. The summed E-state index contributed by atoms with van der Waals surface area (Å²) in [5, 5.41) is 14.9. The maximum atomic E-state index is 12.2. The standard InChI is InChI=1S/C20H17N3O5/c1-13-7-8-14(23(25)26)11-17(13)19-10-9-15(28-19)12-21-22-20(24)16-5-3-4-6-18(16)27-2/h3-12H,1-2H3,(H,22,24)/b21-12+. The number of amides is 1. The second-order valence-electron chi connectivity index (χ2n) is 5.86. The number of benzene rings is 2. The van der Waals surface area contributed by atoms with E-state index in [0.717, 1.165) is 5.56 Å². The summed E-state index contributed by atoms with van der Waals surface area (Å²) < 4.78 is 10.8. The minimum atomic E-state index is -0.457. The van der Waals surface area contributed by atoms with E-state index in [1.54, 1.807) is 42.5 Å². The predicted octanol–water partition coefficient (Wildman–Crippen LogP) is 3.94. The van der Waals surface area contributed by atoms with Crippen molar-refractivity contribution in [1.82, 2.24) is 5.43 Å². The molecule has 8 nitrogen and oxygen atoms in total. The van der Waals surface area contributed by atoms with Crippen LogP contribution in [0.3, 0.4) is 0 Å². The first kappa shape index (κ1) is 18.8. The predicted molar refractivity (Wildman–Crippen MR) is 104 cm³/mol. The number of non-ortho nitro benzene ring substituents is 1. The van der Waals surface area contributed by atoms with Crippen molar-refractivity contribution >= 4 is 17.8 Å². The summed E-state index contributed by atoms with van der Waals surface area (Å²) in [7, 11) is 1.48. The largest absolute Gasteiger partial charge is 0.496 e. The van der Waals surface area contributed by atoms with Gasteiger partial charge >= 0.3 is 0 Å². The third-order valence-electron chi connectivity index (χ3n) is 4.03. The van der Waals surface area contributed by atoms with Crippen LogP contribution >= 0.6 is 0 Å². The third kappa shape index (κ3) is 4.07. The van der Waals surface area contributed by atoms with Gasteiger partial charge in [-0.25, -0.2) is 5.43 Å². The fourth-order valence-electron chi connectivity index (χ4n) is 2.60. The summed E-state index contributed by atoms with van der Waals surface area (Å²) in [4.78, 5) is 22.7. The number of nitro groups is 1. The minimum absolute atomic E-state index is 0.0173. The molecule has 0 aliphatic heterocycles. The topological polar surface area (TPSA) is 107 Å². The van der Waals surface area contributed by atoms with Gasteiger partial charge in [0.25, 0.3) is 11.6 Å². The Morgan fingerprint density at radius 2 is 2.00 bits per heavy atom. The van der Waals surface area contributed by atoms with Crippen molar-refractivity contribution in [2.75, 3.05) is 7.11 Å². The van der Waals surface area contributed by atoms with Crippen molar-refractivity contribution < 1.29 is 18.9 Å². The number of nitrogens with one attached hydrogen (secondary N) is 1. The first-order valence-electron chi connectivity index (χ1n) is 8.31. The van der Waals surface area contributed by atoms with Gasteiger partial charge in [0, 0.05) is 17.7 Å². The summed E-state index contributed by atoms with van der Waals surface area (Å²) in [6.07, 6.45) is 1.35. The van der Waals surface area contributed by atoms with Crippen LogP contribution in [0.1, 0.15) is 21.7 Å². The van der Waals surface area contributed by atoms with E-state index < -0.39 is 10.8 Å². The molecule has 3 rings (SSSR count). The molecule has 0 spiro atoms. The highest BCUT2D eigenvalue weighted by Crippen LogP contribution is 2.28. The van der Waals surface area contributed by atoms with Gasteiger partial charge in [0.15, 0.2) is 0 Å². The van der Waals surface area contributed by atoms with Gasteiger partial charge in [-0.05, 0) is 36.8 Å². The van der Waals surface area contributed by atoms with E-state index in [1.807, 2.05) is 6.92 Å². The molecule has 2 aromatic carbocycles. The molecule has 1 N–H and O–H groups in total. The van der Waals surface area contributed by atoms with Gasteiger partial charge in [-0.15, -0.1) is 0 Å². The molecule has 1 aromatic heterocycles. The fourth-order valence-corrected chi connectivity index (χ4v) is 2.60. The first-order valence-corrected chi connectivity index (χ1v) is 8.31. The Labute approximate surface area is 160 Å². The van der Waals surface area contributed by atoms with Gasteiger partial charge < -0.3 is 9.15 Å². The monoisotopic (exact) mass is 379 g/mol. The maximum Gasteiger partial charge on any atom is 0.275 e. The Morgan fingerprint density at radius 1 is 1.21 bits per heavy atom. The number of hydrazone groups is 1. The Kier molecular flexibility index (Phi) is 5.50. The van der Waals surface area contributed by atoms with Crippen molar-refractivity contribution in [1.29, 1.82) is 0 Å². The highest BCUT2D eigenvalue weighted by Gasteiger charge is 2.13. The number of ether oxygens (including phenoxy) is 1. The molecule has 142 valence electrons. The molecular weight excluding hydrogens is 362 g/mol. The van der Waals surface area contributed by atoms with Gasteiger partial charge in [-0.1, -0.05) is 18.2 Å². The summed E-state index contributed by atoms with van der Waals surface area (Å²) in [5.41, 5.74) is 4.20. The van der Waals surface area contributed by atoms with E-state index in [9.17, 15) is 14.9 Å². The fraction of sp³-hybridized carbons (Fsp3) is 0.100. The number of carbonyl (C=O) groups excluding carboxylic acids is 1. The van der Waals surface area contributed by atoms with Gasteiger partial charge in [0.1, 0.15) is 17.3 Å². The van der Waals surface area contributed by atoms with Crippen LogP contribution in [0, 0.1) is 17.0 Å². The van der Waals surface area contributed by atoms with Crippen LogP contribution in [0.4, 0.5) is 5.69 Å². The molecule has 0 saturated carbocycles. The summed E-state index contributed by atoms with van der Waals surface area (Å²) in [6, 6.07) is 14.7. The molecule has 1 heterocycles. The first-order chi connectivity index (χ1) is 13.5. The number of hydrogen-bond acceptors (Lipinski definition) is 6. The second kappa shape index (κ2) is 8.17. The van der Waals surface area contributed by atoms with Crippen molar-refractivity contribution in [3.63, 3.8) is 0 Å². The van der Waals surface area contributed by atoms with E-state index in [0.29, 0.717) is 28.4 Å². The molecule has 0 bridgehead atoms. The third-order valence-corrected chi connectivity index (χ3v) is 4.03. The van der Waals surface area contributed by atoms with Gasteiger partial charge in [0.05, 0.1) is 23.8 Å². The van der Waals surface area contributed by atoms with E-state index in [4.69, 9.17) is 9.15 Å². The van der Waals surface area contributed by atoms with Gasteiger partial charge in [-0.3, -0.25) is 14.9 Å². The van der Waals surface area contributed by atoms with E-state index in [-0.39, 0.29) is 5.69 Å². The number of methoxy groups -OCH3 is 1. The Hall–Kier alpha value is -3.94. The molecule has 0 atom stereocenters. The number of nitro benzene ring substituents is 1. The normalized spacial score (nSPS) is 10.8. The van der Waals surface area contributed by atoms with E-state index >= 15 is 0 Å². The smallest absolute Gasteiger partial charge is 0.275 e. The van der Waals surface area contributed by atoms with E-state index in [1.165, 1.54) is 25.5 Å². The lowest BCUT2D eigenvalue weighted by molar-refractivity contribution is -0.384. The Morgan fingerprint density at radius 3 is 2.75 bits per heavy atom. The number of hydrogen-bond donors (Lipinski definition) is 1. The minimum Gasteiger partial charge on any atom is -0.496 e. The number of rotatable bonds is 6. The number of aryl methyl sites for hydroxylation is 1. The van der Waals surface area contributed by atoms with E-state index in [2.05, 4.69) is 10.5 Å². The van der Waals surface area contributed by atoms with Crippen molar-refractivity contribution in [2.24, 2.45) is 5.10 Å². The Bertz CT molecular complexity index is 1060. The molecule has 0 unspecified atom stereocenters. The lowest BCUT2D eigenvalue weighted by atomic mass is 10.1. The van der Waals surface area contributed by atoms with Crippen molar-refractivity contribution in [3.05, 3.63) is 81.6 Å². The van der Waals surface area contributed by atoms with Crippen LogP contribution in [0.5, 0.6) is 5.75 Å². The van der Waals surface area contributed by atoms with Gasteiger partial charge in [-0.2, -0.15) is 5.10 Å². The number of carbonyl (C=O) groups is 1. The lowest BCUT2D eigenvalue weighted by Crippen LogP contribution is -2.18. The number of nitrogens with zero attached hydrogens (tertiary/aromatic N) is 2. The van der Waals surface area contributed by atoms with Crippen LogP contribution in [0.25, 0.3) is 11.3 Å². The molecule has 0 aliphatic carbocycles. The van der Waals surface area contributed by atoms with Crippen molar-refractivity contribution in [3.8, 4) is 17.1 Å². The lowest BCUT2D eigenvalue weighted by Gasteiger charge is -2.05. The number of para-hydroxylation sites is 1. The zero-order chi connectivity index (χ0) is 20.1. The average Bonchev–Trinajstić information content (AvgIpc) is 3.16. The van der Waals surface area contributed by atoms with Crippen molar-refractivity contribution in [2.45, 2.75) is 6.92 Å². The molecule has 1 amide bonds. The zero-order valence-corrected chi connectivity index (χ0v) is 15.2. The molecule has 0 radical (unpaired) electrons. The molecule has 0 fully saturated rings. The second-order valence-corrected chi connectivity index (χ2v) is 5.86. The highest BCUT2D eigenvalue weighted by atomic mass is 16.6. The summed E-state index contributed by atoms with van der Waals surface area (Å²) in [6.45, 7) is 1.84. The molecule has 0 aliphatic rings. The molecule has 8 heteroatoms. The van der Waals surface area contributed by atoms with Crippen LogP contribution in [-0.4, -0.2) is 24.2 Å². The highest BCUT2D eigenvalue weighted by molar-refractivity contribution is 5.97. The number of furan rings is 1. The average molecular weight is 379 g/mol. The maximum absolute atomic E-state index is 12.2. The Balaban J connectivity index is 1.74. The zero-order valence-electron chi connectivity index (χ0n) is 15.2. The molecule has 0 saturated heterocycles. The molecular formula is C20H17N3O5. The van der Waals surface area contributed by atoms with Crippen LogP contribution in [0.15, 0.2) is 64.1 Å². The SMILES string of the molecule is COc1ccccc1C(=O)N/N=C/c1ccc(-c2cc([N+](=O)[O-])ccc2C)o1.